The Morgan fingerprint density at radius 3 is 2.81 bits per heavy atom. The predicted octanol–water partition coefficient (Wildman–Crippen LogP) is 2.38. The van der Waals surface area contributed by atoms with E-state index in [-0.39, 0.29) is 0 Å². The second-order valence-corrected chi connectivity index (χ2v) is 5.89. The van der Waals surface area contributed by atoms with Gasteiger partial charge in [0.05, 0.1) is 0 Å². The van der Waals surface area contributed by atoms with Crippen molar-refractivity contribution >= 4 is 5.69 Å². The molecule has 1 aromatic carbocycles. The van der Waals surface area contributed by atoms with Crippen LogP contribution in [-0.2, 0) is 7.05 Å². The molecule has 3 rings (SSSR count). The van der Waals surface area contributed by atoms with Crippen molar-refractivity contribution in [3.8, 4) is 11.4 Å². The lowest BCUT2D eigenvalue weighted by Gasteiger charge is -2.20. The largest absolute Gasteiger partial charge is 0.382 e. The molecule has 112 valence electrons. The van der Waals surface area contributed by atoms with Crippen LogP contribution in [0.15, 0.2) is 30.6 Å². The fourth-order valence-corrected chi connectivity index (χ4v) is 2.94. The van der Waals surface area contributed by atoms with Gasteiger partial charge in [0.2, 0.25) is 0 Å². The minimum Gasteiger partial charge on any atom is -0.382 e. The Morgan fingerprint density at radius 1 is 1.14 bits per heavy atom. The summed E-state index contributed by atoms with van der Waals surface area (Å²) in [5.74, 6) is 0.906. The summed E-state index contributed by atoms with van der Waals surface area (Å²) in [7, 11) is 4.18. The van der Waals surface area contributed by atoms with Gasteiger partial charge in [-0.05, 0) is 51.5 Å². The van der Waals surface area contributed by atoms with Crippen molar-refractivity contribution in [2.45, 2.75) is 25.3 Å². The summed E-state index contributed by atoms with van der Waals surface area (Å²) in [4.78, 5) is 2.41. The Morgan fingerprint density at radius 2 is 2.00 bits per heavy atom. The molecule has 0 saturated carbocycles. The van der Waals surface area contributed by atoms with Crippen molar-refractivity contribution in [2.75, 3.05) is 25.5 Å². The van der Waals surface area contributed by atoms with Gasteiger partial charge in [-0.15, -0.1) is 10.2 Å². The summed E-state index contributed by atoms with van der Waals surface area (Å²) < 4.78 is 1.96. The molecule has 1 unspecified atom stereocenters. The fraction of sp³-hybridized carbons (Fsp3) is 0.500. The molecule has 1 fully saturated rings. The smallest absolute Gasteiger partial charge is 0.165 e. The van der Waals surface area contributed by atoms with E-state index >= 15 is 0 Å². The Labute approximate surface area is 126 Å². The lowest BCUT2D eigenvalue weighted by Crippen LogP contribution is -2.23. The molecule has 0 bridgehead atoms. The van der Waals surface area contributed by atoms with E-state index in [1.807, 2.05) is 11.6 Å². The Balaban J connectivity index is 1.81. The van der Waals surface area contributed by atoms with Crippen LogP contribution in [0.2, 0.25) is 0 Å². The van der Waals surface area contributed by atoms with Crippen LogP contribution >= 0.6 is 0 Å². The molecule has 0 spiro atoms. The van der Waals surface area contributed by atoms with E-state index in [4.69, 9.17) is 0 Å². The summed E-state index contributed by atoms with van der Waals surface area (Å²) in [5.41, 5.74) is 2.28. The molecule has 5 heteroatoms. The van der Waals surface area contributed by atoms with Gasteiger partial charge in [0, 0.05) is 24.3 Å². The van der Waals surface area contributed by atoms with E-state index in [0.717, 1.165) is 23.6 Å². The molecule has 1 atom stereocenters. The molecule has 0 aliphatic carbocycles. The normalized spacial score (nSPS) is 20.2. The van der Waals surface area contributed by atoms with E-state index in [9.17, 15) is 0 Å². The molecule has 2 aromatic rings. The number of nitrogens with one attached hydrogen (secondary N) is 1. The van der Waals surface area contributed by atoms with Crippen molar-refractivity contribution in [3.63, 3.8) is 0 Å². The van der Waals surface area contributed by atoms with Gasteiger partial charge >= 0.3 is 0 Å². The number of aromatic nitrogens is 3. The van der Waals surface area contributed by atoms with Crippen molar-refractivity contribution in [1.82, 2.24) is 19.7 Å². The monoisotopic (exact) mass is 285 g/mol. The molecule has 1 aliphatic rings. The SMILES string of the molecule is CN1CCCC(Nc2ccccc2-c2nncn2C)CC1. The van der Waals surface area contributed by atoms with Gasteiger partial charge in [-0.3, -0.25) is 0 Å². The minimum atomic E-state index is 0.532. The Kier molecular flexibility index (Phi) is 4.20. The van der Waals surface area contributed by atoms with E-state index in [2.05, 4.69) is 51.7 Å². The first-order valence-electron chi connectivity index (χ1n) is 7.62. The van der Waals surface area contributed by atoms with Gasteiger partial charge in [-0.25, -0.2) is 0 Å². The fourth-order valence-electron chi connectivity index (χ4n) is 2.94. The average Bonchev–Trinajstić information content (AvgIpc) is 2.80. The third kappa shape index (κ3) is 3.24. The Bertz CT molecular complexity index is 592. The van der Waals surface area contributed by atoms with Crippen LogP contribution in [-0.4, -0.2) is 45.8 Å². The molecule has 1 aliphatic heterocycles. The van der Waals surface area contributed by atoms with Gasteiger partial charge in [0.1, 0.15) is 6.33 Å². The van der Waals surface area contributed by atoms with Crippen molar-refractivity contribution in [1.29, 1.82) is 0 Å². The van der Waals surface area contributed by atoms with Crippen molar-refractivity contribution < 1.29 is 0 Å². The van der Waals surface area contributed by atoms with Crippen LogP contribution in [0.1, 0.15) is 19.3 Å². The highest BCUT2D eigenvalue weighted by Gasteiger charge is 2.17. The summed E-state index contributed by atoms with van der Waals surface area (Å²) >= 11 is 0. The van der Waals surface area contributed by atoms with Crippen molar-refractivity contribution in [2.24, 2.45) is 7.05 Å². The number of hydrogen-bond acceptors (Lipinski definition) is 4. The zero-order chi connectivity index (χ0) is 14.7. The summed E-state index contributed by atoms with van der Waals surface area (Å²) in [6.45, 7) is 2.35. The zero-order valence-electron chi connectivity index (χ0n) is 12.8. The molecule has 0 amide bonds. The van der Waals surface area contributed by atoms with Crippen LogP contribution in [0.3, 0.4) is 0 Å². The van der Waals surface area contributed by atoms with Crippen LogP contribution in [0, 0.1) is 0 Å². The molecular weight excluding hydrogens is 262 g/mol. The van der Waals surface area contributed by atoms with Crippen LogP contribution in [0.4, 0.5) is 5.69 Å². The first kappa shape index (κ1) is 14.1. The molecule has 1 saturated heterocycles. The molecular formula is C16H23N5. The third-order valence-corrected chi connectivity index (χ3v) is 4.19. The number of aryl methyl sites for hydroxylation is 1. The van der Waals surface area contributed by atoms with Gasteiger partial charge in [0.25, 0.3) is 0 Å². The molecule has 1 N–H and O–H groups in total. The van der Waals surface area contributed by atoms with Gasteiger partial charge in [-0.1, -0.05) is 12.1 Å². The average molecular weight is 285 g/mol. The summed E-state index contributed by atoms with van der Waals surface area (Å²) in [6, 6.07) is 8.90. The number of hydrogen-bond donors (Lipinski definition) is 1. The Hall–Kier alpha value is -1.88. The first-order chi connectivity index (χ1) is 10.2. The molecule has 21 heavy (non-hydrogen) atoms. The number of nitrogens with zero attached hydrogens (tertiary/aromatic N) is 4. The van der Waals surface area contributed by atoms with Crippen molar-refractivity contribution in [3.05, 3.63) is 30.6 Å². The second kappa shape index (κ2) is 6.26. The van der Waals surface area contributed by atoms with E-state index in [1.54, 1.807) is 6.33 Å². The van der Waals surface area contributed by atoms with E-state index in [1.165, 1.54) is 25.8 Å². The molecule has 5 nitrogen and oxygen atoms in total. The summed E-state index contributed by atoms with van der Waals surface area (Å²) in [5, 5.41) is 11.9. The second-order valence-electron chi connectivity index (χ2n) is 5.89. The maximum Gasteiger partial charge on any atom is 0.165 e. The minimum absolute atomic E-state index is 0.532. The highest BCUT2D eigenvalue weighted by molar-refractivity contribution is 5.73. The predicted molar refractivity (Wildman–Crippen MR) is 85.2 cm³/mol. The number of para-hydroxylation sites is 1. The van der Waals surface area contributed by atoms with Gasteiger partial charge in [0.15, 0.2) is 5.82 Å². The molecule has 2 heterocycles. The van der Waals surface area contributed by atoms with Crippen LogP contribution < -0.4 is 5.32 Å². The number of rotatable bonds is 3. The maximum atomic E-state index is 4.24. The van der Waals surface area contributed by atoms with E-state index < -0.39 is 0 Å². The van der Waals surface area contributed by atoms with E-state index in [0.29, 0.717) is 6.04 Å². The quantitative estimate of drug-likeness (QED) is 0.940. The molecule has 0 radical (unpaired) electrons. The highest BCUT2D eigenvalue weighted by atomic mass is 15.2. The lowest BCUT2D eigenvalue weighted by molar-refractivity contribution is 0.348. The van der Waals surface area contributed by atoms with Crippen LogP contribution in [0.5, 0.6) is 0 Å². The number of benzene rings is 1. The number of anilines is 1. The first-order valence-corrected chi connectivity index (χ1v) is 7.62. The third-order valence-electron chi connectivity index (χ3n) is 4.19. The standard InChI is InChI=1S/C16H23N5/c1-20-10-5-6-13(9-11-20)18-15-8-4-3-7-14(15)16-19-17-12-21(16)2/h3-4,7-8,12-13,18H,5-6,9-11H2,1-2H3. The lowest BCUT2D eigenvalue weighted by atomic mass is 10.1. The highest BCUT2D eigenvalue weighted by Crippen LogP contribution is 2.27. The molecule has 1 aromatic heterocycles. The van der Waals surface area contributed by atoms with Gasteiger partial charge < -0.3 is 14.8 Å². The maximum absolute atomic E-state index is 4.24. The van der Waals surface area contributed by atoms with Crippen LogP contribution in [0.25, 0.3) is 11.4 Å². The van der Waals surface area contributed by atoms with Gasteiger partial charge in [-0.2, -0.15) is 0 Å². The summed E-state index contributed by atoms with van der Waals surface area (Å²) in [6.07, 6.45) is 5.40. The zero-order valence-corrected chi connectivity index (χ0v) is 12.8. The topological polar surface area (TPSA) is 46.0 Å². The number of likely N-dealkylation sites (tertiary alicyclic amines) is 1.